The Morgan fingerprint density at radius 2 is 1.62 bits per heavy atom. The number of halogens is 6. The number of alkyl halides is 6. The number of aliphatic hydroxyl groups is 1. The molecule has 0 saturated heterocycles. The molecule has 1 heterocycles. The van der Waals surface area contributed by atoms with Crippen LogP contribution in [0.3, 0.4) is 0 Å². The lowest BCUT2D eigenvalue weighted by Gasteiger charge is -2.22. The maximum Gasteiger partial charge on any atom is 0.216 e. The van der Waals surface area contributed by atoms with Crippen molar-refractivity contribution in [2.45, 2.75) is 7.59 Å². The van der Waals surface area contributed by atoms with Crippen molar-refractivity contribution in [1.82, 2.24) is 15.0 Å². The van der Waals surface area contributed by atoms with E-state index in [1.54, 1.807) is 12.2 Å². The van der Waals surface area contributed by atoms with Crippen LogP contribution in [0, 0.1) is 0 Å². The first-order valence-electron chi connectivity index (χ1n) is 6.99. The van der Waals surface area contributed by atoms with Crippen LogP contribution in [0.25, 0.3) is 12.2 Å². The predicted octanol–water partition coefficient (Wildman–Crippen LogP) is 5.07. The average Bonchev–Trinajstić information content (AvgIpc) is 2.57. The summed E-state index contributed by atoms with van der Waals surface area (Å²) in [7, 11) is 0. The lowest BCUT2D eigenvalue weighted by Crippen LogP contribution is -2.12. The van der Waals surface area contributed by atoms with Crippen molar-refractivity contribution in [3.05, 3.63) is 47.3 Å². The average molecular weight is 478 g/mol. The molecular weight excluding hydrogens is 467 g/mol. The minimum Gasteiger partial charge on any atom is -0.491 e. The first kappa shape index (κ1) is 21.8. The van der Waals surface area contributed by atoms with Gasteiger partial charge >= 0.3 is 0 Å². The summed E-state index contributed by atoms with van der Waals surface area (Å²) in [5, 5.41) is 9.06. The first-order chi connectivity index (χ1) is 12.1. The third-order valence-electron chi connectivity index (χ3n) is 3.04. The summed E-state index contributed by atoms with van der Waals surface area (Å²) in [6.07, 6.45) is 5.87. The summed E-state index contributed by atoms with van der Waals surface area (Å²) in [6, 6.07) is 2.95. The molecule has 0 radical (unpaired) electrons. The molecule has 0 fully saturated rings. The second-order valence-electron chi connectivity index (χ2n) is 4.83. The van der Waals surface area contributed by atoms with Crippen molar-refractivity contribution >= 4 is 81.8 Å². The third kappa shape index (κ3) is 5.99. The Labute approximate surface area is 179 Å². The highest BCUT2D eigenvalue weighted by molar-refractivity contribution is 6.67. The Kier molecular flexibility index (Phi) is 7.62. The van der Waals surface area contributed by atoms with E-state index in [-0.39, 0.29) is 30.1 Å². The molecule has 2 rings (SSSR count). The van der Waals surface area contributed by atoms with E-state index in [2.05, 4.69) is 15.0 Å². The second kappa shape index (κ2) is 9.11. The summed E-state index contributed by atoms with van der Waals surface area (Å²) < 4.78 is 1.94. The Morgan fingerprint density at radius 3 is 2.15 bits per heavy atom. The Hall–Kier alpha value is -0.530. The predicted molar refractivity (Wildman–Crippen MR) is 106 cm³/mol. The van der Waals surface area contributed by atoms with Gasteiger partial charge in [0.1, 0.15) is 25.0 Å². The first-order valence-corrected chi connectivity index (χ1v) is 9.26. The van der Waals surface area contributed by atoms with E-state index in [9.17, 15) is 0 Å². The Bertz CT molecular complexity index is 775. The lowest BCUT2D eigenvalue weighted by atomic mass is 10.0. The minimum atomic E-state index is -1.83. The molecule has 5 nitrogen and oxygen atoms in total. The number of aromatic nitrogens is 3. The normalized spacial score (nSPS) is 12.6. The van der Waals surface area contributed by atoms with Crippen molar-refractivity contribution in [1.29, 1.82) is 0 Å². The summed E-state index contributed by atoms with van der Waals surface area (Å²) in [6.45, 7) is -0.229. The molecule has 140 valence electrons. The Morgan fingerprint density at radius 1 is 0.962 bits per heavy atom. The fourth-order valence-electron chi connectivity index (χ4n) is 1.96. The minimum absolute atomic E-state index is 0.00476. The van der Waals surface area contributed by atoms with E-state index >= 15 is 0 Å². The highest BCUT2D eigenvalue weighted by Gasteiger charge is 2.32. The quantitative estimate of drug-likeness (QED) is 0.609. The van der Waals surface area contributed by atoms with Gasteiger partial charge in [-0.25, -0.2) is 15.0 Å². The summed E-state index contributed by atoms with van der Waals surface area (Å²) >= 11 is 36.2. The van der Waals surface area contributed by atoms with Gasteiger partial charge in [0.15, 0.2) is 5.82 Å². The molecule has 26 heavy (non-hydrogen) atoms. The molecule has 2 aromatic rings. The van der Waals surface area contributed by atoms with Crippen LogP contribution in [0.5, 0.6) is 5.75 Å². The maximum atomic E-state index is 9.06. The van der Waals surface area contributed by atoms with Gasteiger partial charge in [0.25, 0.3) is 0 Å². The molecule has 1 N–H and O–H groups in total. The molecule has 0 aliphatic carbocycles. The molecule has 0 amide bonds. The monoisotopic (exact) mass is 475 g/mol. The van der Waals surface area contributed by atoms with E-state index in [1.807, 2.05) is 0 Å². The zero-order valence-electron chi connectivity index (χ0n) is 12.8. The molecule has 1 aromatic carbocycles. The van der Waals surface area contributed by atoms with Crippen LogP contribution in [-0.4, -0.2) is 33.3 Å². The van der Waals surface area contributed by atoms with Crippen LogP contribution in [0.1, 0.15) is 22.5 Å². The largest absolute Gasteiger partial charge is 0.491 e. The van der Waals surface area contributed by atoms with E-state index in [1.165, 1.54) is 24.8 Å². The maximum absolute atomic E-state index is 9.06. The fraction of sp³-hybridized carbons (Fsp3) is 0.267. The molecular formula is C15H11Cl6N3O2. The summed E-state index contributed by atoms with van der Waals surface area (Å²) in [5.41, 5.74) is 0.885. The van der Waals surface area contributed by atoms with Crippen molar-refractivity contribution in [3.8, 4) is 5.75 Å². The van der Waals surface area contributed by atoms with Crippen molar-refractivity contribution in [3.63, 3.8) is 0 Å². The van der Waals surface area contributed by atoms with Gasteiger partial charge in [-0.2, -0.15) is 0 Å². The standard InChI is InChI=1S/C15H11Cl6N3O2/c16-14(17,18)9-5-11(15(19,20)21)10(12(6-9)26-4-3-25)1-2-13-23-7-22-8-24-13/h1-2,5-8,25H,3-4H2/b2-1+. The molecule has 0 aliphatic heterocycles. The third-order valence-corrected chi connectivity index (χ3v) is 4.30. The van der Waals surface area contributed by atoms with E-state index in [0.717, 1.165) is 0 Å². The zero-order valence-corrected chi connectivity index (χ0v) is 17.4. The van der Waals surface area contributed by atoms with Crippen LogP contribution in [0.2, 0.25) is 0 Å². The second-order valence-corrected chi connectivity index (χ2v) is 9.40. The number of aliphatic hydroxyl groups excluding tert-OH is 1. The van der Waals surface area contributed by atoms with Crippen LogP contribution in [0.4, 0.5) is 0 Å². The van der Waals surface area contributed by atoms with Crippen molar-refractivity contribution in [2.75, 3.05) is 13.2 Å². The van der Waals surface area contributed by atoms with Crippen LogP contribution < -0.4 is 4.74 Å². The number of hydrogen-bond acceptors (Lipinski definition) is 5. The van der Waals surface area contributed by atoms with Gasteiger partial charge in [-0.05, 0) is 24.3 Å². The van der Waals surface area contributed by atoms with Crippen molar-refractivity contribution in [2.24, 2.45) is 0 Å². The SMILES string of the molecule is OCCOc1cc(C(Cl)(Cl)Cl)cc(C(Cl)(Cl)Cl)c1/C=C/c1ncncn1. The molecule has 0 spiro atoms. The zero-order chi connectivity index (χ0) is 19.4. The topological polar surface area (TPSA) is 68.1 Å². The van der Waals surface area contributed by atoms with Crippen molar-refractivity contribution < 1.29 is 9.84 Å². The van der Waals surface area contributed by atoms with E-state index < -0.39 is 7.59 Å². The van der Waals surface area contributed by atoms with E-state index in [4.69, 9.17) is 79.4 Å². The highest BCUT2D eigenvalue weighted by atomic mass is 35.6. The molecule has 11 heteroatoms. The van der Waals surface area contributed by atoms with Gasteiger partial charge in [-0.1, -0.05) is 69.6 Å². The number of benzene rings is 1. The number of hydrogen-bond donors (Lipinski definition) is 1. The summed E-state index contributed by atoms with van der Waals surface area (Å²) in [5.74, 6) is 0.642. The van der Waals surface area contributed by atoms with Crippen LogP contribution in [0.15, 0.2) is 24.8 Å². The molecule has 0 bridgehead atoms. The highest BCUT2D eigenvalue weighted by Crippen LogP contribution is 2.48. The Balaban J connectivity index is 2.63. The fourth-order valence-corrected chi connectivity index (χ4v) is 2.76. The van der Waals surface area contributed by atoms with E-state index in [0.29, 0.717) is 11.4 Å². The summed E-state index contributed by atoms with van der Waals surface area (Å²) in [4.78, 5) is 11.7. The van der Waals surface area contributed by atoms with Gasteiger partial charge in [0.2, 0.25) is 7.59 Å². The van der Waals surface area contributed by atoms with Gasteiger partial charge in [-0.15, -0.1) is 0 Å². The van der Waals surface area contributed by atoms with Gasteiger partial charge < -0.3 is 9.84 Å². The van der Waals surface area contributed by atoms with Gasteiger partial charge in [0, 0.05) is 16.7 Å². The number of ether oxygens (including phenoxy) is 1. The van der Waals surface area contributed by atoms with Crippen LogP contribution in [-0.2, 0) is 7.59 Å². The van der Waals surface area contributed by atoms with Crippen LogP contribution >= 0.6 is 69.6 Å². The molecule has 0 atom stereocenters. The lowest BCUT2D eigenvalue weighted by molar-refractivity contribution is 0.201. The molecule has 0 saturated carbocycles. The molecule has 0 unspecified atom stereocenters. The molecule has 0 aliphatic rings. The van der Waals surface area contributed by atoms with Gasteiger partial charge in [0.05, 0.1) is 6.61 Å². The molecule has 1 aromatic heterocycles. The van der Waals surface area contributed by atoms with Gasteiger partial charge in [-0.3, -0.25) is 0 Å². The smallest absolute Gasteiger partial charge is 0.216 e. The number of rotatable bonds is 5. The number of nitrogens with zero attached hydrogens (tertiary/aromatic N) is 3.